The number of fused-ring (bicyclic) bond motifs is 1. The number of carbonyl (C=O) groups excluding carboxylic acids is 2. The van der Waals surface area contributed by atoms with Crippen molar-refractivity contribution in [3.8, 4) is 6.07 Å². The minimum absolute atomic E-state index is 0.00331. The van der Waals surface area contributed by atoms with E-state index >= 15 is 0 Å². The van der Waals surface area contributed by atoms with E-state index in [4.69, 9.17) is 4.98 Å². The number of carbonyl (C=O) groups is 2. The molecular weight excluding hydrogens is 582 g/mol. The summed E-state index contributed by atoms with van der Waals surface area (Å²) in [4.78, 5) is 33.2. The van der Waals surface area contributed by atoms with Gasteiger partial charge in [0, 0.05) is 18.2 Å². The van der Waals surface area contributed by atoms with Crippen LogP contribution in [0.15, 0.2) is 58.8 Å². The number of aromatic nitrogens is 3. The fraction of sp³-hybridized carbons (Fsp3) is 0.290. The lowest BCUT2D eigenvalue weighted by Gasteiger charge is -2.13. The molecule has 4 aromatic rings. The highest BCUT2D eigenvalue weighted by atomic mass is 32.2. The van der Waals surface area contributed by atoms with E-state index in [0.717, 1.165) is 27.8 Å². The van der Waals surface area contributed by atoms with Gasteiger partial charge in [0.15, 0.2) is 5.65 Å². The van der Waals surface area contributed by atoms with Crippen molar-refractivity contribution in [2.45, 2.75) is 58.8 Å². The number of ether oxygens (including phenoxy) is 1. The highest BCUT2D eigenvalue weighted by molar-refractivity contribution is 7.90. The quantitative estimate of drug-likeness (QED) is 0.197. The summed E-state index contributed by atoms with van der Waals surface area (Å²) in [5.74, 6) is -0.984. The molecular formula is C31H33N7O5S. The summed E-state index contributed by atoms with van der Waals surface area (Å²) in [6, 6.07) is 12.0. The molecule has 44 heavy (non-hydrogen) atoms. The first-order chi connectivity index (χ1) is 20.8. The molecule has 13 heteroatoms. The number of nitrogens with zero attached hydrogens (tertiary/aromatic N) is 5. The Morgan fingerprint density at radius 3 is 2.36 bits per heavy atom. The minimum atomic E-state index is -3.88. The van der Waals surface area contributed by atoms with E-state index in [1.165, 1.54) is 3.97 Å². The molecule has 0 spiro atoms. The number of hydrogen-bond acceptors (Lipinski definition) is 10. The van der Waals surface area contributed by atoms with E-state index in [1.54, 1.807) is 61.8 Å². The Labute approximate surface area is 255 Å². The van der Waals surface area contributed by atoms with Crippen molar-refractivity contribution in [2.75, 3.05) is 12.0 Å². The number of amides is 2. The van der Waals surface area contributed by atoms with Gasteiger partial charge in [0.2, 0.25) is 5.71 Å². The van der Waals surface area contributed by atoms with Crippen molar-refractivity contribution in [3.63, 3.8) is 0 Å². The summed E-state index contributed by atoms with van der Waals surface area (Å²) < 4.78 is 32.9. The molecule has 2 aromatic carbocycles. The van der Waals surface area contributed by atoms with Crippen LogP contribution in [0.1, 0.15) is 60.2 Å². The lowest BCUT2D eigenvalue weighted by molar-refractivity contribution is -0.114. The molecule has 228 valence electrons. The van der Waals surface area contributed by atoms with E-state index in [1.807, 2.05) is 39.9 Å². The van der Waals surface area contributed by atoms with Gasteiger partial charge >= 0.3 is 6.09 Å². The molecule has 0 atom stereocenters. The zero-order valence-corrected chi connectivity index (χ0v) is 26.1. The monoisotopic (exact) mass is 615 g/mol. The second-order valence-electron chi connectivity index (χ2n) is 10.5. The molecule has 0 unspecified atom stereocenters. The molecule has 2 aromatic heterocycles. The number of nitrogens with one attached hydrogen (secondary N) is 2. The molecule has 12 nitrogen and oxygen atoms in total. The summed E-state index contributed by atoms with van der Waals surface area (Å²) in [5, 5.41) is 15.1. The number of anilines is 1. The maximum absolute atomic E-state index is 13.5. The summed E-state index contributed by atoms with van der Waals surface area (Å²) in [6.45, 7) is 11.3. The lowest BCUT2D eigenvalue weighted by Crippen LogP contribution is -2.36. The Morgan fingerprint density at radius 1 is 1.11 bits per heavy atom. The molecule has 2 amide bonds. The van der Waals surface area contributed by atoms with Crippen molar-refractivity contribution < 1.29 is 22.7 Å². The van der Waals surface area contributed by atoms with Gasteiger partial charge in [0.25, 0.3) is 15.9 Å². The molecule has 2 N–H and O–H groups in total. The first kappa shape index (κ1) is 31.8. The normalized spacial score (nSPS) is 11.8. The molecule has 0 saturated carbocycles. The number of rotatable bonds is 9. The van der Waals surface area contributed by atoms with E-state index in [-0.39, 0.29) is 23.1 Å². The Balaban J connectivity index is 1.62. The smallest absolute Gasteiger partial charge is 0.414 e. The van der Waals surface area contributed by atoms with Crippen LogP contribution in [0.2, 0.25) is 0 Å². The second kappa shape index (κ2) is 13.0. The Bertz CT molecular complexity index is 1900. The van der Waals surface area contributed by atoms with Gasteiger partial charge in [-0.25, -0.2) is 27.2 Å². The van der Waals surface area contributed by atoms with Crippen LogP contribution in [-0.2, 0) is 26.0 Å². The average molecular weight is 616 g/mol. The maximum atomic E-state index is 13.5. The van der Waals surface area contributed by atoms with E-state index in [9.17, 15) is 23.3 Å². The van der Waals surface area contributed by atoms with E-state index in [0.29, 0.717) is 23.3 Å². The van der Waals surface area contributed by atoms with Gasteiger partial charge in [0.1, 0.15) is 11.6 Å². The van der Waals surface area contributed by atoms with Gasteiger partial charge in [0.05, 0.1) is 29.1 Å². The Kier molecular flexibility index (Phi) is 9.44. The van der Waals surface area contributed by atoms with Crippen molar-refractivity contribution in [1.82, 2.24) is 19.3 Å². The predicted octanol–water partition coefficient (Wildman–Crippen LogP) is 4.87. The molecule has 2 heterocycles. The van der Waals surface area contributed by atoms with Crippen LogP contribution < -0.4 is 10.7 Å². The fourth-order valence-electron chi connectivity index (χ4n) is 4.62. The van der Waals surface area contributed by atoms with Crippen LogP contribution in [0.3, 0.4) is 0 Å². The van der Waals surface area contributed by atoms with Gasteiger partial charge in [-0.2, -0.15) is 10.4 Å². The third kappa shape index (κ3) is 6.76. The largest absolute Gasteiger partial charge is 0.450 e. The number of hydrogen-bond donors (Lipinski definition) is 2. The molecule has 0 saturated heterocycles. The van der Waals surface area contributed by atoms with E-state index < -0.39 is 27.7 Å². The third-order valence-corrected chi connectivity index (χ3v) is 8.57. The number of aryl methyl sites for hydroxylation is 3. The van der Waals surface area contributed by atoms with Crippen LogP contribution in [0.4, 0.5) is 10.5 Å². The number of alkyl carbamates (subject to hydrolysis) is 1. The third-order valence-electron chi connectivity index (χ3n) is 6.90. The summed E-state index contributed by atoms with van der Waals surface area (Å²) >= 11 is 0. The molecule has 0 aliphatic rings. The maximum Gasteiger partial charge on any atom is 0.414 e. The molecule has 0 aliphatic carbocycles. The van der Waals surface area contributed by atoms with E-state index in [2.05, 4.69) is 20.2 Å². The zero-order chi connectivity index (χ0) is 32.2. The predicted molar refractivity (Wildman–Crippen MR) is 166 cm³/mol. The van der Waals surface area contributed by atoms with Crippen molar-refractivity contribution >= 4 is 44.6 Å². The van der Waals surface area contributed by atoms with Gasteiger partial charge in [-0.1, -0.05) is 31.5 Å². The number of imide groups is 1. The van der Waals surface area contributed by atoms with Crippen LogP contribution in [0.5, 0.6) is 0 Å². The molecule has 4 rings (SSSR count). The first-order valence-corrected chi connectivity index (χ1v) is 15.3. The number of hydrazone groups is 1. The highest BCUT2D eigenvalue weighted by Crippen LogP contribution is 2.30. The standard InChI is InChI=1S/C31H33N7O5S/c1-7-43-31(40)35-30(39)27(15-32)37-36-22-12-20(5)25(21(6)13-22)14-23-16-33-29-28(34-23)26(18(2)3)17-38(29)44(41,42)24-10-8-19(4)9-11-24/h8-13,16-18,36H,7,14H2,1-6H3,(H,35,39,40)/b37-27-. The van der Waals surface area contributed by atoms with Crippen LogP contribution >= 0.6 is 0 Å². The minimum Gasteiger partial charge on any atom is -0.450 e. The fourth-order valence-corrected chi connectivity index (χ4v) is 5.94. The summed E-state index contributed by atoms with van der Waals surface area (Å²) in [6.07, 6.45) is 2.66. The second-order valence-corrected chi connectivity index (χ2v) is 12.3. The van der Waals surface area contributed by atoms with Crippen LogP contribution in [0, 0.1) is 32.1 Å². The molecule has 0 fully saturated rings. The number of benzene rings is 2. The van der Waals surface area contributed by atoms with Gasteiger partial charge in [-0.05, 0) is 74.6 Å². The highest BCUT2D eigenvalue weighted by Gasteiger charge is 2.24. The lowest BCUT2D eigenvalue weighted by atomic mass is 9.97. The molecule has 0 radical (unpaired) electrons. The van der Waals surface area contributed by atoms with Gasteiger partial charge < -0.3 is 4.74 Å². The van der Waals surface area contributed by atoms with Crippen LogP contribution in [0.25, 0.3) is 11.2 Å². The summed E-state index contributed by atoms with van der Waals surface area (Å²) in [5.41, 5.74) is 8.64. The van der Waals surface area contributed by atoms with Crippen molar-refractivity contribution in [2.24, 2.45) is 5.10 Å². The summed E-state index contributed by atoms with van der Waals surface area (Å²) in [7, 11) is -3.88. The van der Waals surface area contributed by atoms with Crippen molar-refractivity contribution in [1.29, 1.82) is 5.26 Å². The van der Waals surface area contributed by atoms with Crippen molar-refractivity contribution in [3.05, 3.63) is 82.3 Å². The number of nitriles is 1. The SMILES string of the molecule is CCOC(=O)NC(=O)/C(C#N)=N\Nc1cc(C)c(Cc2cnc3c(n2)c(C(C)C)cn3S(=O)(=O)c2ccc(C)cc2)c(C)c1. The zero-order valence-electron chi connectivity index (χ0n) is 25.3. The van der Waals surface area contributed by atoms with Gasteiger partial charge in [-0.3, -0.25) is 15.5 Å². The first-order valence-electron chi connectivity index (χ1n) is 13.9. The van der Waals surface area contributed by atoms with Crippen LogP contribution in [-0.4, -0.2) is 46.7 Å². The molecule has 0 aliphatic heterocycles. The Hall–Kier alpha value is -5.09. The Morgan fingerprint density at radius 2 is 1.77 bits per heavy atom. The topological polar surface area (TPSA) is 168 Å². The average Bonchev–Trinajstić information content (AvgIpc) is 3.36. The van der Waals surface area contributed by atoms with Gasteiger partial charge in [-0.15, -0.1) is 0 Å². The molecule has 0 bridgehead atoms.